The summed E-state index contributed by atoms with van der Waals surface area (Å²) < 4.78 is 7.24. The summed E-state index contributed by atoms with van der Waals surface area (Å²) in [6.07, 6.45) is 8.62. The maximum atomic E-state index is 12.8. The minimum Gasteiger partial charge on any atom is -0.469 e. The lowest BCUT2D eigenvalue weighted by atomic mass is 10.1. The number of rotatable bonds is 3. The Morgan fingerprint density at radius 3 is 3.10 bits per heavy atom. The van der Waals surface area contributed by atoms with E-state index < -0.39 is 0 Å². The highest BCUT2D eigenvalue weighted by Crippen LogP contribution is 2.50. The van der Waals surface area contributed by atoms with Gasteiger partial charge in [-0.05, 0) is 31.4 Å². The lowest BCUT2D eigenvalue weighted by Crippen LogP contribution is -2.32. The van der Waals surface area contributed by atoms with Gasteiger partial charge in [0.1, 0.15) is 5.76 Å². The van der Waals surface area contributed by atoms with Crippen molar-refractivity contribution in [2.45, 2.75) is 31.2 Å². The number of carbonyl (C=O) groups is 1. The van der Waals surface area contributed by atoms with Gasteiger partial charge in [0.2, 0.25) is 5.91 Å². The van der Waals surface area contributed by atoms with E-state index >= 15 is 0 Å². The SMILES string of the molecule is Cn1cc([C@@H]2CCCN2C(=O)[C@H]2C[C@@H]2c2ccco2)cn1. The molecule has 5 heteroatoms. The third-order valence-electron chi connectivity index (χ3n) is 4.66. The quantitative estimate of drug-likeness (QED) is 0.870. The molecule has 0 radical (unpaired) electrons. The van der Waals surface area contributed by atoms with E-state index in [0.29, 0.717) is 0 Å². The van der Waals surface area contributed by atoms with E-state index in [1.54, 1.807) is 10.9 Å². The molecule has 21 heavy (non-hydrogen) atoms. The van der Waals surface area contributed by atoms with E-state index in [1.165, 1.54) is 0 Å². The minimum atomic E-state index is 0.105. The first-order valence-electron chi connectivity index (χ1n) is 7.56. The van der Waals surface area contributed by atoms with Gasteiger partial charge in [-0.2, -0.15) is 5.10 Å². The molecule has 0 aromatic carbocycles. The smallest absolute Gasteiger partial charge is 0.226 e. The van der Waals surface area contributed by atoms with E-state index in [2.05, 4.69) is 5.10 Å². The van der Waals surface area contributed by atoms with Crippen molar-refractivity contribution >= 4 is 5.91 Å². The summed E-state index contributed by atoms with van der Waals surface area (Å²) >= 11 is 0. The molecule has 3 heterocycles. The number of amides is 1. The molecule has 1 saturated carbocycles. The molecule has 2 aromatic rings. The Balaban J connectivity index is 1.49. The normalized spacial score (nSPS) is 28.0. The second-order valence-corrected chi connectivity index (χ2v) is 6.10. The molecule has 0 unspecified atom stereocenters. The molecule has 1 aliphatic carbocycles. The van der Waals surface area contributed by atoms with Crippen molar-refractivity contribution in [2.24, 2.45) is 13.0 Å². The maximum absolute atomic E-state index is 12.8. The van der Waals surface area contributed by atoms with Crippen LogP contribution < -0.4 is 0 Å². The lowest BCUT2D eigenvalue weighted by molar-refractivity contribution is -0.133. The van der Waals surface area contributed by atoms with E-state index in [-0.39, 0.29) is 23.8 Å². The van der Waals surface area contributed by atoms with Crippen LogP contribution >= 0.6 is 0 Å². The van der Waals surface area contributed by atoms with E-state index in [1.807, 2.05) is 36.5 Å². The second kappa shape index (κ2) is 4.76. The molecule has 0 N–H and O–H groups in total. The van der Waals surface area contributed by atoms with Crippen LogP contribution in [-0.4, -0.2) is 27.1 Å². The van der Waals surface area contributed by atoms with Crippen LogP contribution in [0.5, 0.6) is 0 Å². The predicted molar refractivity (Wildman–Crippen MR) is 76.5 cm³/mol. The largest absolute Gasteiger partial charge is 0.469 e. The van der Waals surface area contributed by atoms with Crippen molar-refractivity contribution < 1.29 is 9.21 Å². The molecule has 0 spiro atoms. The van der Waals surface area contributed by atoms with Gasteiger partial charge in [-0.3, -0.25) is 9.48 Å². The van der Waals surface area contributed by atoms with Crippen LogP contribution in [0.15, 0.2) is 35.2 Å². The second-order valence-electron chi connectivity index (χ2n) is 6.10. The van der Waals surface area contributed by atoms with Crippen molar-refractivity contribution in [1.29, 1.82) is 0 Å². The number of hydrogen-bond acceptors (Lipinski definition) is 3. The van der Waals surface area contributed by atoms with Gasteiger partial charge in [-0.1, -0.05) is 0 Å². The first-order chi connectivity index (χ1) is 10.2. The zero-order chi connectivity index (χ0) is 14.4. The number of carbonyl (C=O) groups excluding carboxylic acids is 1. The molecule has 5 nitrogen and oxygen atoms in total. The Morgan fingerprint density at radius 2 is 2.38 bits per heavy atom. The maximum Gasteiger partial charge on any atom is 0.226 e. The Kier molecular flexibility index (Phi) is 2.87. The fourth-order valence-corrected chi connectivity index (χ4v) is 3.49. The Bertz CT molecular complexity index is 646. The molecular formula is C16H19N3O2. The zero-order valence-electron chi connectivity index (χ0n) is 12.1. The van der Waals surface area contributed by atoms with Crippen LogP contribution in [0.3, 0.4) is 0 Å². The van der Waals surface area contributed by atoms with Crippen LogP contribution in [0.2, 0.25) is 0 Å². The van der Waals surface area contributed by atoms with Gasteiger partial charge in [-0.15, -0.1) is 0 Å². The lowest BCUT2D eigenvalue weighted by Gasteiger charge is -2.24. The Hall–Kier alpha value is -2.04. The first-order valence-corrected chi connectivity index (χ1v) is 7.56. The molecule has 2 aromatic heterocycles. The van der Waals surface area contributed by atoms with Crippen molar-refractivity contribution in [3.8, 4) is 0 Å². The number of nitrogens with zero attached hydrogens (tertiary/aromatic N) is 3. The standard InChI is InChI=1S/C16H19N3O2/c1-18-10-11(9-17-18)14-4-2-6-19(14)16(20)13-8-12(13)15-5-3-7-21-15/h3,5,7,9-10,12-14H,2,4,6,8H2,1H3/t12-,13-,14-/m0/s1. The first kappa shape index (κ1) is 12.7. The molecule has 0 bridgehead atoms. The summed E-state index contributed by atoms with van der Waals surface area (Å²) in [5.74, 6) is 1.62. The van der Waals surface area contributed by atoms with Crippen LogP contribution in [-0.2, 0) is 11.8 Å². The average molecular weight is 285 g/mol. The summed E-state index contributed by atoms with van der Waals surface area (Å²) in [5, 5.41) is 4.23. The molecule has 1 aliphatic heterocycles. The van der Waals surface area contributed by atoms with Crippen LogP contribution in [0.25, 0.3) is 0 Å². The van der Waals surface area contributed by atoms with E-state index in [9.17, 15) is 4.79 Å². The molecule has 1 amide bonds. The molecule has 2 aliphatic rings. The topological polar surface area (TPSA) is 51.3 Å². The average Bonchev–Trinajstić information content (AvgIpc) is 2.95. The highest BCUT2D eigenvalue weighted by atomic mass is 16.3. The van der Waals surface area contributed by atoms with E-state index in [0.717, 1.165) is 37.1 Å². The van der Waals surface area contributed by atoms with Crippen molar-refractivity contribution in [3.63, 3.8) is 0 Å². The molecule has 2 fully saturated rings. The van der Waals surface area contributed by atoms with Crippen molar-refractivity contribution in [3.05, 3.63) is 42.1 Å². The molecule has 4 rings (SSSR count). The van der Waals surface area contributed by atoms with Gasteiger partial charge in [0.25, 0.3) is 0 Å². The molecular weight excluding hydrogens is 266 g/mol. The number of hydrogen-bond donors (Lipinski definition) is 0. The number of furan rings is 1. The number of aromatic nitrogens is 2. The van der Waals surface area contributed by atoms with Gasteiger partial charge in [-0.25, -0.2) is 0 Å². The fourth-order valence-electron chi connectivity index (χ4n) is 3.49. The summed E-state index contributed by atoms with van der Waals surface area (Å²) in [5.41, 5.74) is 1.15. The highest BCUT2D eigenvalue weighted by Gasteiger charge is 2.49. The molecule has 110 valence electrons. The summed E-state index contributed by atoms with van der Waals surface area (Å²) in [4.78, 5) is 14.8. The van der Waals surface area contributed by atoms with Gasteiger partial charge < -0.3 is 9.32 Å². The Morgan fingerprint density at radius 1 is 1.48 bits per heavy atom. The van der Waals surface area contributed by atoms with Gasteiger partial charge >= 0.3 is 0 Å². The van der Waals surface area contributed by atoms with Gasteiger partial charge in [0, 0.05) is 37.2 Å². The van der Waals surface area contributed by atoms with E-state index in [4.69, 9.17) is 4.42 Å². The molecule has 3 atom stereocenters. The van der Waals surface area contributed by atoms with Crippen LogP contribution in [0.4, 0.5) is 0 Å². The van der Waals surface area contributed by atoms with Gasteiger partial charge in [0.05, 0.1) is 18.5 Å². The minimum absolute atomic E-state index is 0.105. The fraction of sp³-hybridized carbons (Fsp3) is 0.500. The van der Waals surface area contributed by atoms with Crippen molar-refractivity contribution in [1.82, 2.24) is 14.7 Å². The monoisotopic (exact) mass is 285 g/mol. The summed E-state index contributed by atoms with van der Waals surface area (Å²) in [7, 11) is 1.92. The van der Waals surface area contributed by atoms with Gasteiger partial charge in [0.15, 0.2) is 0 Å². The van der Waals surface area contributed by atoms with Crippen molar-refractivity contribution in [2.75, 3.05) is 6.54 Å². The third-order valence-corrected chi connectivity index (χ3v) is 4.66. The zero-order valence-corrected chi connectivity index (χ0v) is 12.1. The summed E-state index contributed by atoms with van der Waals surface area (Å²) in [6.45, 7) is 0.861. The highest BCUT2D eigenvalue weighted by molar-refractivity contribution is 5.83. The third kappa shape index (κ3) is 2.17. The number of likely N-dealkylation sites (tertiary alicyclic amines) is 1. The predicted octanol–water partition coefficient (Wildman–Crippen LogP) is 2.48. The van der Waals surface area contributed by atoms with Crippen LogP contribution in [0, 0.1) is 5.92 Å². The number of aryl methyl sites for hydroxylation is 1. The Labute approximate surface area is 123 Å². The molecule has 1 saturated heterocycles. The summed E-state index contributed by atoms with van der Waals surface area (Å²) in [6, 6.07) is 4.06. The van der Waals surface area contributed by atoms with Crippen LogP contribution in [0.1, 0.15) is 42.5 Å².